The average molecular weight is 380 g/mol. The summed E-state index contributed by atoms with van der Waals surface area (Å²) in [5, 5.41) is 2.76. The molecule has 4 rings (SSSR count). The Morgan fingerprint density at radius 3 is 2.79 bits per heavy atom. The maximum atomic E-state index is 12.7. The fourth-order valence-electron chi connectivity index (χ4n) is 2.67. The summed E-state index contributed by atoms with van der Waals surface area (Å²) in [7, 11) is 0. The Labute approximate surface area is 160 Å². The van der Waals surface area contributed by atoms with Crippen LogP contribution < -0.4 is 14.8 Å². The van der Waals surface area contributed by atoms with Crippen molar-refractivity contribution in [3.63, 3.8) is 0 Å². The molecule has 0 saturated heterocycles. The Kier molecular flexibility index (Phi) is 4.92. The molecule has 0 spiro atoms. The van der Waals surface area contributed by atoms with Gasteiger partial charge in [-0.2, -0.15) is 0 Å². The number of ether oxygens (including phenoxy) is 3. The van der Waals surface area contributed by atoms with E-state index in [0.29, 0.717) is 17.2 Å². The van der Waals surface area contributed by atoms with Gasteiger partial charge in [-0.25, -0.2) is 4.79 Å². The molecule has 1 aliphatic heterocycles. The summed E-state index contributed by atoms with van der Waals surface area (Å²) < 4.78 is 21.0. The summed E-state index contributed by atoms with van der Waals surface area (Å²) >= 11 is 0. The third-order valence-corrected chi connectivity index (χ3v) is 4.05. The SMILES string of the molecule is O=C(O[C@H](C(=O)NCc1ccc2c(c1)OCO2)c1ccccn1)c1ccco1. The van der Waals surface area contributed by atoms with Crippen molar-refractivity contribution in [2.45, 2.75) is 12.6 Å². The minimum atomic E-state index is -1.21. The van der Waals surface area contributed by atoms with Crippen LogP contribution in [0.5, 0.6) is 11.5 Å². The number of aromatic nitrogens is 1. The molecule has 0 unspecified atom stereocenters. The van der Waals surface area contributed by atoms with E-state index in [-0.39, 0.29) is 19.1 Å². The fraction of sp³-hybridized carbons (Fsp3) is 0.150. The van der Waals surface area contributed by atoms with E-state index >= 15 is 0 Å². The van der Waals surface area contributed by atoms with E-state index in [0.717, 1.165) is 5.56 Å². The summed E-state index contributed by atoms with van der Waals surface area (Å²) in [5.74, 6) is 0.0331. The van der Waals surface area contributed by atoms with E-state index in [1.807, 2.05) is 6.07 Å². The molecule has 1 atom stereocenters. The number of nitrogens with zero attached hydrogens (tertiary/aromatic N) is 1. The van der Waals surface area contributed by atoms with Gasteiger partial charge in [0.1, 0.15) is 0 Å². The first-order chi connectivity index (χ1) is 13.7. The summed E-state index contributed by atoms with van der Waals surface area (Å²) in [5.41, 5.74) is 1.13. The highest BCUT2D eigenvalue weighted by Crippen LogP contribution is 2.32. The maximum absolute atomic E-state index is 12.7. The highest BCUT2D eigenvalue weighted by Gasteiger charge is 2.27. The molecular weight excluding hydrogens is 364 g/mol. The zero-order chi connectivity index (χ0) is 19.3. The molecule has 3 heterocycles. The number of carbonyl (C=O) groups excluding carboxylic acids is 2. The van der Waals surface area contributed by atoms with Gasteiger partial charge in [0.25, 0.3) is 5.91 Å². The lowest BCUT2D eigenvalue weighted by Crippen LogP contribution is -2.32. The topological polar surface area (TPSA) is 99.9 Å². The molecule has 142 valence electrons. The molecule has 0 radical (unpaired) electrons. The normalized spacial score (nSPS) is 13.0. The molecule has 1 N–H and O–H groups in total. The molecule has 0 aliphatic carbocycles. The Balaban J connectivity index is 1.47. The first kappa shape index (κ1) is 17.6. The van der Waals surface area contributed by atoms with Crippen LogP contribution in [0.4, 0.5) is 0 Å². The molecule has 2 aromatic heterocycles. The van der Waals surface area contributed by atoms with Crippen LogP contribution in [0.1, 0.15) is 27.9 Å². The van der Waals surface area contributed by atoms with E-state index in [2.05, 4.69) is 10.3 Å². The number of pyridine rings is 1. The number of esters is 1. The van der Waals surface area contributed by atoms with Crippen LogP contribution in [0.25, 0.3) is 0 Å². The number of rotatable bonds is 6. The highest BCUT2D eigenvalue weighted by atomic mass is 16.7. The van der Waals surface area contributed by atoms with Crippen LogP contribution in [0.15, 0.2) is 65.4 Å². The van der Waals surface area contributed by atoms with Gasteiger partial charge < -0.3 is 23.9 Å². The number of nitrogens with one attached hydrogen (secondary N) is 1. The number of hydrogen-bond acceptors (Lipinski definition) is 7. The van der Waals surface area contributed by atoms with E-state index in [9.17, 15) is 9.59 Å². The predicted octanol–water partition coefficient (Wildman–Crippen LogP) is 2.62. The van der Waals surface area contributed by atoms with Crippen LogP contribution in [-0.4, -0.2) is 23.7 Å². The van der Waals surface area contributed by atoms with Crippen molar-refractivity contribution in [2.75, 3.05) is 6.79 Å². The summed E-state index contributed by atoms with van der Waals surface area (Å²) in [6.45, 7) is 0.396. The van der Waals surface area contributed by atoms with Gasteiger partial charge >= 0.3 is 5.97 Å². The van der Waals surface area contributed by atoms with Crippen LogP contribution in [0, 0.1) is 0 Å². The maximum Gasteiger partial charge on any atom is 0.375 e. The number of furan rings is 1. The van der Waals surface area contributed by atoms with E-state index in [1.165, 1.54) is 18.5 Å². The number of carbonyl (C=O) groups is 2. The molecule has 8 nitrogen and oxygen atoms in total. The Morgan fingerprint density at radius 2 is 2.00 bits per heavy atom. The molecule has 3 aromatic rings. The lowest BCUT2D eigenvalue weighted by atomic mass is 10.1. The highest BCUT2D eigenvalue weighted by molar-refractivity contribution is 5.90. The molecule has 0 saturated carbocycles. The van der Waals surface area contributed by atoms with Gasteiger partial charge in [0.15, 0.2) is 11.5 Å². The molecule has 0 bridgehead atoms. The van der Waals surface area contributed by atoms with Gasteiger partial charge in [0.2, 0.25) is 18.7 Å². The molecule has 28 heavy (non-hydrogen) atoms. The quantitative estimate of drug-likeness (QED) is 0.656. The van der Waals surface area contributed by atoms with Crippen LogP contribution in [0.3, 0.4) is 0 Å². The third kappa shape index (κ3) is 3.80. The number of benzene rings is 1. The second-order valence-corrected chi connectivity index (χ2v) is 5.92. The monoisotopic (exact) mass is 380 g/mol. The van der Waals surface area contributed by atoms with E-state index < -0.39 is 18.0 Å². The zero-order valence-corrected chi connectivity index (χ0v) is 14.7. The lowest BCUT2D eigenvalue weighted by molar-refractivity contribution is -0.130. The lowest BCUT2D eigenvalue weighted by Gasteiger charge is -2.16. The minimum Gasteiger partial charge on any atom is -0.457 e. The summed E-state index contributed by atoms with van der Waals surface area (Å²) in [6.07, 6.45) is 1.66. The van der Waals surface area contributed by atoms with Gasteiger partial charge in [-0.3, -0.25) is 9.78 Å². The van der Waals surface area contributed by atoms with Crippen molar-refractivity contribution in [1.29, 1.82) is 0 Å². The predicted molar refractivity (Wildman–Crippen MR) is 95.5 cm³/mol. The van der Waals surface area contributed by atoms with Crippen LogP contribution >= 0.6 is 0 Å². The molecule has 0 fully saturated rings. The number of amides is 1. The molecule has 8 heteroatoms. The zero-order valence-electron chi connectivity index (χ0n) is 14.7. The smallest absolute Gasteiger partial charge is 0.375 e. The molecule has 1 aromatic carbocycles. The van der Waals surface area contributed by atoms with Crippen LogP contribution in [-0.2, 0) is 16.1 Å². The van der Waals surface area contributed by atoms with Crippen LogP contribution in [0.2, 0.25) is 0 Å². The van der Waals surface area contributed by atoms with Crippen molar-refractivity contribution < 1.29 is 28.2 Å². The third-order valence-electron chi connectivity index (χ3n) is 4.05. The van der Waals surface area contributed by atoms with E-state index in [4.69, 9.17) is 18.6 Å². The summed E-state index contributed by atoms with van der Waals surface area (Å²) in [6, 6.07) is 13.4. The van der Waals surface area contributed by atoms with Crippen molar-refractivity contribution in [3.8, 4) is 11.5 Å². The number of hydrogen-bond donors (Lipinski definition) is 1. The van der Waals surface area contributed by atoms with Gasteiger partial charge in [-0.1, -0.05) is 12.1 Å². The van der Waals surface area contributed by atoms with Crippen molar-refractivity contribution in [2.24, 2.45) is 0 Å². The Hall–Kier alpha value is -3.81. The molecule has 1 amide bonds. The summed E-state index contributed by atoms with van der Waals surface area (Å²) in [4.78, 5) is 29.1. The van der Waals surface area contributed by atoms with Gasteiger partial charge in [0, 0.05) is 12.7 Å². The number of fused-ring (bicyclic) bond motifs is 1. The Morgan fingerprint density at radius 1 is 1.11 bits per heavy atom. The molecular formula is C20H16N2O6. The van der Waals surface area contributed by atoms with Gasteiger partial charge in [0.05, 0.1) is 12.0 Å². The largest absolute Gasteiger partial charge is 0.457 e. The van der Waals surface area contributed by atoms with Crippen molar-refractivity contribution in [1.82, 2.24) is 10.3 Å². The van der Waals surface area contributed by atoms with Crippen molar-refractivity contribution in [3.05, 3.63) is 78.0 Å². The van der Waals surface area contributed by atoms with Gasteiger partial charge in [-0.15, -0.1) is 0 Å². The average Bonchev–Trinajstić information content (AvgIpc) is 3.42. The first-order valence-electron chi connectivity index (χ1n) is 8.52. The molecule has 1 aliphatic rings. The van der Waals surface area contributed by atoms with Crippen molar-refractivity contribution >= 4 is 11.9 Å². The standard InChI is InChI=1S/C20H16N2O6/c23-19(22-11-13-6-7-15-17(10-13)27-12-26-15)18(14-4-1-2-8-21-14)28-20(24)16-5-3-9-25-16/h1-10,18H,11-12H2,(H,22,23)/t18-/m0/s1. The van der Waals surface area contributed by atoms with E-state index in [1.54, 1.807) is 36.4 Å². The fourth-order valence-corrected chi connectivity index (χ4v) is 2.67. The van der Waals surface area contributed by atoms with Gasteiger partial charge in [-0.05, 0) is 42.0 Å². The Bertz CT molecular complexity index is 972. The second kappa shape index (κ2) is 7.83. The minimum absolute atomic E-state index is 0.00417. The first-order valence-corrected chi connectivity index (χ1v) is 8.52. The second-order valence-electron chi connectivity index (χ2n) is 5.92.